The van der Waals surface area contributed by atoms with Gasteiger partial charge in [-0.3, -0.25) is 9.11 Å². The summed E-state index contributed by atoms with van der Waals surface area (Å²) in [6, 6.07) is 8.60. The summed E-state index contributed by atoms with van der Waals surface area (Å²) in [5.41, 5.74) is 10.4. The minimum Gasteiger partial charge on any atom is -0.505 e. The minimum absolute atomic E-state index is 0.0132. The van der Waals surface area contributed by atoms with Crippen molar-refractivity contribution in [3.8, 4) is 5.75 Å². The number of anilines is 2. The lowest BCUT2D eigenvalue weighted by molar-refractivity contribution is 0.472. The number of hydrogen-bond donors (Lipinski definition) is 5. The summed E-state index contributed by atoms with van der Waals surface area (Å²) in [6.45, 7) is 0. The van der Waals surface area contributed by atoms with Crippen LogP contribution in [0.3, 0.4) is 0 Å². The summed E-state index contributed by atoms with van der Waals surface area (Å²) in [4.78, 5) is -1.45. The second-order valence-corrected chi connectivity index (χ2v) is 8.71. The molecule has 29 heavy (non-hydrogen) atoms. The molecule has 3 rings (SSSR count). The zero-order valence-corrected chi connectivity index (χ0v) is 16.0. The predicted molar refractivity (Wildman–Crippen MR) is 105 cm³/mol. The van der Waals surface area contributed by atoms with Crippen molar-refractivity contribution < 1.29 is 31.0 Å². The number of rotatable bonds is 4. The van der Waals surface area contributed by atoms with Crippen molar-refractivity contribution in [2.45, 2.75) is 9.79 Å². The summed E-state index contributed by atoms with van der Waals surface area (Å²) in [5.74, 6) is -0.657. The predicted octanol–water partition coefficient (Wildman–Crippen LogP) is 2.62. The van der Waals surface area contributed by atoms with E-state index in [0.29, 0.717) is 0 Å². The molecule has 0 unspecified atom stereocenters. The van der Waals surface area contributed by atoms with Crippen molar-refractivity contribution in [2.75, 3.05) is 11.5 Å². The smallest absolute Gasteiger partial charge is 0.296 e. The molecule has 0 aliphatic heterocycles. The molecule has 0 saturated heterocycles. The van der Waals surface area contributed by atoms with Crippen LogP contribution in [0.1, 0.15) is 0 Å². The molecule has 0 amide bonds. The Bertz CT molecular complexity index is 1380. The highest BCUT2D eigenvalue weighted by Crippen LogP contribution is 2.42. The topological polar surface area (TPSA) is 206 Å². The van der Waals surface area contributed by atoms with E-state index in [9.17, 15) is 31.0 Å². The highest BCUT2D eigenvalue weighted by atomic mass is 32.2. The van der Waals surface area contributed by atoms with Crippen molar-refractivity contribution in [3.05, 3.63) is 42.5 Å². The zero-order valence-electron chi connectivity index (χ0n) is 14.4. The molecular formula is C16H14N4O7S2. The molecule has 0 bridgehead atoms. The lowest BCUT2D eigenvalue weighted by atomic mass is 10.1. The first kappa shape index (κ1) is 20.5. The minimum atomic E-state index is -4.84. The Balaban J connectivity index is 2.30. The van der Waals surface area contributed by atoms with Crippen LogP contribution in [0.5, 0.6) is 5.75 Å². The van der Waals surface area contributed by atoms with E-state index in [1.54, 1.807) is 0 Å². The van der Waals surface area contributed by atoms with Gasteiger partial charge >= 0.3 is 0 Å². The second kappa shape index (κ2) is 6.97. The third-order valence-electron chi connectivity index (χ3n) is 3.87. The van der Waals surface area contributed by atoms with Gasteiger partial charge in [-0.1, -0.05) is 6.07 Å². The molecular weight excluding hydrogens is 424 g/mol. The van der Waals surface area contributed by atoms with Crippen LogP contribution >= 0.6 is 0 Å². The van der Waals surface area contributed by atoms with Gasteiger partial charge in [0.15, 0.2) is 5.75 Å². The monoisotopic (exact) mass is 438 g/mol. The number of aromatic hydroxyl groups is 1. The molecule has 0 spiro atoms. The van der Waals surface area contributed by atoms with Crippen LogP contribution in [0, 0.1) is 0 Å². The van der Waals surface area contributed by atoms with Crippen LogP contribution in [-0.4, -0.2) is 31.0 Å². The van der Waals surface area contributed by atoms with Crippen LogP contribution in [0.15, 0.2) is 62.5 Å². The molecule has 0 radical (unpaired) electrons. The maximum Gasteiger partial charge on any atom is 0.296 e. The molecule has 0 fully saturated rings. The van der Waals surface area contributed by atoms with Crippen LogP contribution in [0.25, 0.3) is 10.8 Å². The molecule has 13 heteroatoms. The van der Waals surface area contributed by atoms with Gasteiger partial charge in [0, 0.05) is 16.8 Å². The molecule has 7 N–H and O–H groups in total. The van der Waals surface area contributed by atoms with E-state index in [-0.39, 0.29) is 27.8 Å². The van der Waals surface area contributed by atoms with Crippen LogP contribution in [0.2, 0.25) is 0 Å². The molecule has 152 valence electrons. The third kappa shape index (κ3) is 4.12. The molecule has 11 nitrogen and oxygen atoms in total. The lowest BCUT2D eigenvalue weighted by Crippen LogP contribution is -2.00. The normalized spacial score (nSPS) is 12.6. The maximum atomic E-state index is 11.8. The summed E-state index contributed by atoms with van der Waals surface area (Å²) in [6.07, 6.45) is 0. The average molecular weight is 438 g/mol. The van der Waals surface area contributed by atoms with Crippen molar-refractivity contribution in [1.29, 1.82) is 0 Å². The molecule has 3 aromatic rings. The van der Waals surface area contributed by atoms with Gasteiger partial charge in [0.05, 0.1) is 0 Å². The van der Waals surface area contributed by atoms with Gasteiger partial charge in [-0.15, -0.1) is 10.2 Å². The Hall–Kier alpha value is -3.26. The molecule has 3 aromatic carbocycles. The second-order valence-electron chi connectivity index (χ2n) is 5.93. The van der Waals surface area contributed by atoms with E-state index in [0.717, 1.165) is 18.2 Å². The SMILES string of the molecule is Nc1ccc(N=Nc2c(S(=O)(=O)O)cc3ccc(N)cc3c2O)c(S(=O)(=O)O)c1. The van der Waals surface area contributed by atoms with Gasteiger partial charge in [-0.25, -0.2) is 0 Å². The molecule has 0 aliphatic rings. The summed E-state index contributed by atoms with van der Waals surface area (Å²) in [7, 11) is -9.57. The Labute approximate surface area is 164 Å². The Morgan fingerprint density at radius 2 is 1.34 bits per heavy atom. The Morgan fingerprint density at radius 1 is 0.759 bits per heavy atom. The van der Waals surface area contributed by atoms with Gasteiger partial charge in [0.1, 0.15) is 21.2 Å². The van der Waals surface area contributed by atoms with E-state index >= 15 is 0 Å². The van der Waals surface area contributed by atoms with Gasteiger partial charge in [0.25, 0.3) is 20.2 Å². The quantitative estimate of drug-likeness (QED) is 0.230. The third-order valence-corrected chi connectivity index (χ3v) is 5.62. The van der Waals surface area contributed by atoms with E-state index in [4.69, 9.17) is 11.5 Å². The fourth-order valence-electron chi connectivity index (χ4n) is 2.58. The summed E-state index contributed by atoms with van der Waals surface area (Å²) in [5, 5.41) is 18.1. The van der Waals surface area contributed by atoms with Gasteiger partial charge < -0.3 is 16.6 Å². The van der Waals surface area contributed by atoms with Gasteiger partial charge in [0.2, 0.25) is 0 Å². The number of hydrogen-bond acceptors (Lipinski definition) is 9. The van der Waals surface area contributed by atoms with E-state index < -0.39 is 41.5 Å². The highest BCUT2D eigenvalue weighted by Gasteiger charge is 2.23. The molecule has 0 aromatic heterocycles. The number of fused-ring (bicyclic) bond motifs is 1. The fraction of sp³-hybridized carbons (Fsp3) is 0. The first-order valence-corrected chi connectivity index (χ1v) is 10.6. The average Bonchev–Trinajstić information content (AvgIpc) is 2.60. The van der Waals surface area contributed by atoms with Crippen molar-refractivity contribution in [3.63, 3.8) is 0 Å². The standard InChI is InChI=1S/C16H14N4O7S2/c17-9-2-1-8-5-14(29(25,26)27)15(16(21)11(8)6-9)20-19-12-4-3-10(18)7-13(12)28(22,23)24/h1-7,21H,17-18H2,(H,22,23,24)(H,25,26,27). The first-order chi connectivity index (χ1) is 13.4. The Kier molecular flexibility index (Phi) is 4.92. The molecule has 0 aliphatic carbocycles. The lowest BCUT2D eigenvalue weighted by Gasteiger charge is -2.09. The number of phenols is 1. The van der Waals surface area contributed by atoms with E-state index in [2.05, 4.69) is 10.2 Å². The summed E-state index contributed by atoms with van der Waals surface area (Å²) < 4.78 is 65.4. The van der Waals surface area contributed by atoms with E-state index in [1.807, 2.05) is 0 Å². The molecule has 0 saturated carbocycles. The van der Waals surface area contributed by atoms with Crippen LogP contribution in [-0.2, 0) is 20.2 Å². The number of nitrogens with two attached hydrogens (primary N) is 2. The van der Waals surface area contributed by atoms with Crippen LogP contribution < -0.4 is 11.5 Å². The number of nitrogen functional groups attached to an aromatic ring is 2. The number of azo groups is 1. The molecule has 0 heterocycles. The largest absolute Gasteiger partial charge is 0.505 e. The first-order valence-electron chi connectivity index (χ1n) is 7.69. The van der Waals surface area contributed by atoms with Gasteiger partial charge in [-0.05, 0) is 41.8 Å². The van der Waals surface area contributed by atoms with Crippen molar-refractivity contribution in [2.24, 2.45) is 10.2 Å². The Morgan fingerprint density at radius 3 is 1.97 bits per heavy atom. The highest BCUT2D eigenvalue weighted by molar-refractivity contribution is 7.86. The summed E-state index contributed by atoms with van der Waals surface area (Å²) >= 11 is 0. The molecule has 0 atom stereocenters. The van der Waals surface area contributed by atoms with Crippen molar-refractivity contribution in [1.82, 2.24) is 0 Å². The van der Waals surface area contributed by atoms with Crippen molar-refractivity contribution >= 4 is 53.8 Å². The maximum absolute atomic E-state index is 11.8. The number of phenolic OH excluding ortho intramolecular Hbond substituents is 1. The number of benzene rings is 3. The van der Waals surface area contributed by atoms with Crippen LogP contribution in [0.4, 0.5) is 22.7 Å². The fourth-order valence-corrected chi connectivity index (χ4v) is 3.89. The van der Waals surface area contributed by atoms with Gasteiger partial charge in [-0.2, -0.15) is 16.8 Å². The van der Waals surface area contributed by atoms with E-state index in [1.165, 1.54) is 24.3 Å². The number of nitrogens with zero attached hydrogens (tertiary/aromatic N) is 2. The zero-order chi connectivity index (χ0) is 21.6.